The molecule has 1 aliphatic heterocycles. The molecule has 1 amide bonds. The summed E-state index contributed by atoms with van der Waals surface area (Å²) in [5.41, 5.74) is 0. The van der Waals surface area contributed by atoms with Crippen LogP contribution >= 0.6 is 39.1 Å². The number of halogens is 3. The summed E-state index contributed by atoms with van der Waals surface area (Å²) in [5.74, 6) is 0.924. The topological polar surface area (TPSA) is 33.2 Å². The van der Waals surface area contributed by atoms with E-state index in [2.05, 4.69) is 20.9 Å². The average Bonchev–Trinajstić information content (AvgIpc) is 2.58. The Morgan fingerprint density at radius 3 is 2.81 bits per heavy atom. The van der Waals surface area contributed by atoms with Gasteiger partial charge in [0.15, 0.2) is 0 Å². The Morgan fingerprint density at radius 1 is 1.50 bits per heavy atom. The molecule has 0 spiro atoms. The molecule has 0 aromatic carbocycles. The van der Waals surface area contributed by atoms with E-state index in [0.717, 1.165) is 5.33 Å². The van der Waals surface area contributed by atoms with Crippen molar-refractivity contribution in [3.8, 4) is 0 Å². The number of nitrogens with zero attached hydrogens (tertiary/aromatic N) is 2. The Labute approximate surface area is 112 Å². The van der Waals surface area contributed by atoms with Crippen LogP contribution in [0.4, 0.5) is 5.82 Å². The van der Waals surface area contributed by atoms with Crippen molar-refractivity contribution in [3.05, 3.63) is 22.3 Å². The summed E-state index contributed by atoms with van der Waals surface area (Å²) in [7, 11) is 0. The smallest absolute Gasteiger partial charge is 0.228 e. The Kier molecular flexibility index (Phi) is 3.72. The largest absolute Gasteiger partial charge is 0.296 e. The molecule has 0 radical (unpaired) electrons. The van der Waals surface area contributed by atoms with Crippen LogP contribution in [0.25, 0.3) is 0 Å². The van der Waals surface area contributed by atoms with Crippen LogP contribution < -0.4 is 4.90 Å². The highest BCUT2D eigenvalue weighted by atomic mass is 79.9. The highest BCUT2D eigenvalue weighted by molar-refractivity contribution is 9.09. The lowest BCUT2D eigenvalue weighted by atomic mass is 10.2. The van der Waals surface area contributed by atoms with Crippen LogP contribution in [-0.4, -0.2) is 22.8 Å². The minimum atomic E-state index is 0.0651. The van der Waals surface area contributed by atoms with Crippen molar-refractivity contribution in [2.45, 2.75) is 6.42 Å². The van der Waals surface area contributed by atoms with Gasteiger partial charge in [0, 0.05) is 23.3 Å². The lowest BCUT2D eigenvalue weighted by Gasteiger charge is -2.15. The normalized spacial score (nSPS) is 20.6. The second-order valence-electron chi connectivity index (χ2n) is 3.70. The molecular formula is C10H9BrCl2N2O. The summed E-state index contributed by atoms with van der Waals surface area (Å²) in [6.45, 7) is 0.660. The SMILES string of the molecule is O=C1CC(CBr)CN1c1cc(Cl)cc(Cl)n1. The lowest BCUT2D eigenvalue weighted by Crippen LogP contribution is -2.25. The molecule has 1 fully saturated rings. The van der Waals surface area contributed by atoms with Crippen molar-refractivity contribution in [2.75, 3.05) is 16.8 Å². The maximum absolute atomic E-state index is 11.7. The molecule has 1 unspecified atom stereocenters. The molecule has 0 aliphatic carbocycles. The van der Waals surface area contributed by atoms with Gasteiger partial charge in [-0.05, 0) is 18.1 Å². The number of amides is 1. The molecule has 0 bridgehead atoms. The van der Waals surface area contributed by atoms with E-state index in [1.807, 2.05) is 0 Å². The maximum Gasteiger partial charge on any atom is 0.228 e. The number of hydrogen-bond acceptors (Lipinski definition) is 2. The monoisotopic (exact) mass is 322 g/mol. The molecule has 3 nitrogen and oxygen atoms in total. The third kappa shape index (κ3) is 2.50. The molecule has 2 heterocycles. The average molecular weight is 324 g/mol. The van der Waals surface area contributed by atoms with E-state index in [1.165, 1.54) is 0 Å². The van der Waals surface area contributed by atoms with Gasteiger partial charge in [0.2, 0.25) is 5.91 Å². The van der Waals surface area contributed by atoms with E-state index < -0.39 is 0 Å². The number of pyridine rings is 1. The minimum Gasteiger partial charge on any atom is -0.296 e. The molecule has 1 aromatic rings. The van der Waals surface area contributed by atoms with E-state index in [-0.39, 0.29) is 5.91 Å². The van der Waals surface area contributed by atoms with Crippen LogP contribution in [0.1, 0.15) is 6.42 Å². The quantitative estimate of drug-likeness (QED) is 0.619. The molecule has 1 aromatic heterocycles. The Bertz CT molecular complexity index is 407. The third-order valence-electron chi connectivity index (χ3n) is 2.45. The molecule has 1 saturated heterocycles. The van der Waals surface area contributed by atoms with Gasteiger partial charge in [-0.25, -0.2) is 4.98 Å². The zero-order valence-corrected chi connectivity index (χ0v) is 11.4. The summed E-state index contributed by atoms with van der Waals surface area (Å²) in [6, 6.07) is 3.21. The summed E-state index contributed by atoms with van der Waals surface area (Å²) in [5, 5.41) is 1.60. The van der Waals surface area contributed by atoms with Gasteiger partial charge in [-0.3, -0.25) is 9.69 Å². The molecule has 6 heteroatoms. The van der Waals surface area contributed by atoms with Gasteiger partial charge >= 0.3 is 0 Å². The summed E-state index contributed by atoms with van der Waals surface area (Å²) >= 11 is 15.1. The van der Waals surface area contributed by atoms with E-state index in [4.69, 9.17) is 23.2 Å². The van der Waals surface area contributed by atoms with Gasteiger partial charge in [0.05, 0.1) is 0 Å². The predicted molar refractivity (Wildman–Crippen MR) is 68.5 cm³/mol. The molecule has 1 atom stereocenters. The van der Waals surface area contributed by atoms with Crippen molar-refractivity contribution >= 4 is 50.9 Å². The number of hydrogen-bond donors (Lipinski definition) is 0. The number of rotatable bonds is 2. The molecule has 1 aliphatic rings. The molecule has 0 saturated carbocycles. The fraction of sp³-hybridized carbons (Fsp3) is 0.400. The van der Waals surface area contributed by atoms with Crippen LogP contribution in [0.2, 0.25) is 10.2 Å². The van der Waals surface area contributed by atoms with Crippen LogP contribution in [-0.2, 0) is 4.79 Å². The van der Waals surface area contributed by atoms with Crippen LogP contribution in [0.15, 0.2) is 12.1 Å². The first-order valence-corrected chi connectivity index (χ1v) is 6.67. The van der Waals surface area contributed by atoms with E-state index >= 15 is 0 Å². The molecule has 2 rings (SSSR count). The van der Waals surface area contributed by atoms with Gasteiger partial charge in [0.1, 0.15) is 11.0 Å². The van der Waals surface area contributed by atoms with Gasteiger partial charge in [-0.15, -0.1) is 0 Å². The summed E-state index contributed by atoms with van der Waals surface area (Å²) in [6.07, 6.45) is 0.539. The minimum absolute atomic E-state index is 0.0651. The maximum atomic E-state index is 11.7. The number of alkyl halides is 1. The molecule has 86 valence electrons. The van der Waals surface area contributed by atoms with Crippen molar-refractivity contribution < 1.29 is 4.79 Å². The first kappa shape index (κ1) is 12.1. The number of carbonyl (C=O) groups excluding carboxylic acids is 1. The first-order chi connectivity index (χ1) is 7.60. The summed E-state index contributed by atoms with van der Waals surface area (Å²) in [4.78, 5) is 17.5. The predicted octanol–water partition coefficient (Wildman–Crippen LogP) is 3.14. The highest BCUT2D eigenvalue weighted by Crippen LogP contribution is 2.28. The van der Waals surface area contributed by atoms with Crippen molar-refractivity contribution in [1.82, 2.24) is 4.98 Å². The first-order valence-electron chi connectivity index (χ1n) is 4.79. The van der Waals surface area contributed by atoms with E-state index in [9.17, 15) is 4.79 Å². The van der Waals surface area contributed by atoms with Crippen LogP contribution in [0.3, 0.4) is 0 Å². The van der Waals surface area contributed by atoms with Gasteiger partial charge in [-0.1, -0.05) is 39.1 Å². The third-order valence-corrected chi connectivity index (χ3v) is 3.77. The second-order valence-corrected chi connectivity index (χ2v) is 5.17. The Hall–Kier alpha value is -0.320. The standard InChI is InChI=1S/C10H9BrCl2N2O/c11-4-6-1-10(16)15(5-6)9-3-7(12)2-8(13)14-9/h2-3,6H,1,4-5H2. The van der Waals surface area contributed by atoms with Crippen LogP contribution in [0.5, 0.6) is 0 Å². The number of aromatic nitrogens is 1. The van der Waals surface area contributed by atoms with Crippen molar-refractivity contribution in [1.29, 1.82) is 0 Å². The lowest BCUT2D eigenvalue weighted by molar-refractivity contribution is -0.117. The number of anilines is 1. The van der Waals surface area contributed by atoms with E-state index in [0.29, 0.717) is 34.9 Å². The zero-order valence-electron chi connectivity index (χ0n) is 8.29. The van der Waals surface area contributed by atoms with Crippen LogP contribution in [0, 0.1) is 5.92 Å². The molecular weight excluding hydrogens is 315 g/mol. The number of carbonyl (C=O) groups is 1. The van der Waals surface area contributed by atoms with Crippen molar-refractivity contribution in [3.63, 3.8) is 0 Å². The Balaban J connectivity index is 2.27. The zero-order chi connectivity index (χ0) is 11.7. The molecule has 16 heavy (non-hydrogen) atoms. The second kappa shape index (κ2) is 4.90. The Morgan fingerprint density at radius 2 is 2.25 bits per heavy atom. The summed E-state index contributed by atoms with van der Waals surface area (Å²) < 4.78 is 0. The van der Waals surface area contributed by atoms with E-state index in [1.54, 1.807) is 17.0 Å². The highest BCUT2D eigenvalue weighted by Gasteiger charge is 2.30. The fourth-order valence-electron chi connectivity index (χ4n) is 1.70. The van der Waals surface area contributed by atoms with Gasteiger partial charge in [-0.2, -0.15) is 0 Å². The van der Waals surface area contributed by atoms with Crippen molar-refractivity contribution in [2.24, 2.45) is 5.92 Å². The molecule has 0 N–H and O–H groups in total. The van der Waals surface area contributed by atoms with Gasteiger partial charge < -0.3 is 0 Å². The fourth-order valence-corrected chi connectivity index (χ4v) is 2.59. The van der Waals surface area contributed by atoms with Gasteiger partial charge in [0.25, 0.3) is 0 Å².